The lowest BCUT2D eigenvalue weighted by atomic mass is 9.98. The van der Waals surface area contributed by atoms with Crippen molar-refractivity contribution in [3.63, 3.8) is 0 Å². The van der Waals surface area contributed by atoms with Gasteiger partial charge in [0.15, 0.2) is 0 Å². The van der Waals surface area contributed by atoms with Crippen LogP contribution in [0.3, 0.4) is 0 Å². The van der Waals surface area contributed by atoms with Gasteiger partial charge in [-0.2, -0.15) is 0 Å². The van der Waals surface area contributed by atoms with E-state index in [1.807, 2.05) is 0 Å². The molecule has 1 saturated heterocycles. The fraction of sp³-hybridized carbons (Fsp3) is 0.824. The van der Waals surface area contributed by atoms with E-state index in [9.17, 15) is 4.79 Å². The molecule has 1 N–H and O–H groups in total. The fourth-order valence-electron chi connectivity index (χ4n) is 2.83. The van der Waals surface area contributed by atoms with E-state index in [1.165, 1.54) is 0 Å². The van der Waals surface area contributed by atoms with Crippen LogP contribution in [0.5, 0.6) is 0 Å². The zero-order chi connectivity index (χ0) is 15.8. The van der Waals surface area contributed by atoms with E-state index in [4.69, 9.17) is 0 Å². The molecule has 0 aromatic rings. The number of amides is 1. The van der Waals surface area contributed by atoms with E-state index < -0.39 is 0 Å². The van der Waals surface area contributed by atoms with Gasteiger partial charge in [-0.15, -0.1) is 0 Å². The van der Waals surface area contributed by atoms with E-state index in [0.717, 1.165) is 32.5 Å². The van der Waals surface area contributed by atoms with Crippen molar-refractivity contribution < 1.29 is 4.79 Å². The minimum atomic E-state index is 0.133. The minimum Gasteiger partial charge on any atom is -0.345 e. The van der Waals surface area contributed by atoms with Gasteiger partial charge in [-0.05, 0) is 54.1 Å². The summed E-state index contributed by atoms with van der Waals surface area (Å²) in [6.07, 6.45) is 2.11. The Morgan fingerprint density at radius 3 is 2.52 bits per heavy atom. The van der Waals surface area contributed by atoms with Gasteiger partial charge >= 0.3 is 0 Å². The van der Waals surface area contributed by atoms with Crippen LogP contribution in [0.25, 0.3) is 0 Å². The van der Waals surface area contributed by atoms with Crippen molar-refractivity contribution in [1.29, 1.82) is 0 Å². The maximum absolute atomic E-state index is 12.0. The normalized spacial score (nSPS) is 19.7. The maximum Gasteiger partial charge on any atom is 0.225 e. The number of nitrogens with zero attached hydrogens (tertiary/aromatic N) is 2. The molecule has 1 amide bonds. The predicted octanol–water partition coefficient (Wildman–Crippen LogP) is 1.57. The molecule has 120 valence electrons. The van der Waals surface area contributed by atoms with E-state index in [0.29, 0.717) is 18.6 Å². The minimum absolute atomic E-state index is 0.133. The highest BCUT2D eigenvalue weighted by Gasteiger charge is 2.23. The zero-order valence-corrected chi connectivity index (χ0v) is 14.3. The lowest BCUT2D eigenvalue weighted by molar-refractivity contribution is -0.126. The molecule has 0 aliphatic carbocycles. The van der Waals surface area contributed by atoms with Gasteiger partial charge < -0.3 is 10.2 Å². The molecule has 4 nitrogen and oxygen atoms in total. The molecule has 1 aliphatic rings. The Bertz CT molecular complexity index is 373. The number of likely N-dealkylation sites (tertiary alicyclic amines) is 1. The fourth-order valence-corrected chi connectivity index (χ4v) is 2.83. The van der Waals surface area contributed by atoms with Crippen molar-refractivity contribution in [2.24, 2.45) is 5.92 Å². The number of hydrogen-bond acceptors (Lipinski definition) is 3. The summed E-state index contributed by atoms with van der Waals surface area (Å²) < 4.78 is 0. The van der Waals surface area contributed by atoms with Gasteiger partial charge in [-0.1, -0.05) is 11.8 Å². The molecule has 0 unspecified atom stereocenters. The van der Waals surface area contributed by atoms with Gasteiger partial charge in [0, 0.05) is 18.6 Å². The molecule has 0 saturated carbocycles. The highest BCUT2D eigenvalue weighted by Crippen LogP contribution is 2.14. The summed E-state index contributed by atoms with van der Waals surface area (Å²) in [7, 11) is 2.08. The summed E-state index contributed by atoms with van der Waals surface area (Å²) in [6.45, 7) is 11.9. The van der Waals surface area contributed by atoms with Gasteiger partial charge in [0.05, 0.1) is 19.0 Å². The summed E-state index contributed by atoms with van der Waals surface area (Å²) in [4.78, 5) is 16.6. The van der Waals surface area contributed by atoms with Crippen molar-refractivity contribution in [3.05, 3.63) is 0 Å². The van der Waals surface area contributed by atoms with Crippen molar-refractivity contribution in [3.8, 4) is 11.8 Å². The van der Waals surface area contributed by atoms with Gasteiger partial charge in [0.1, 0.15) is 0 Å². The van der Waals surface area contributed by atoms with Gasteiger partial charge in [-0.25, -0.2) is 0 Å². The molecule has 1 rings (SSSR count). The van der Waals surface area contributed by atoms with Crippen LogP contribution in [0.4, 0.5) is 0 Å². The largest absolute Gasteiger partial charge is 0.345 e. The molecule has 1 heterocycles. The first kappa shape index (κ1) is 18.0. The first-order valence-corrected chi connectivity index (χ1v) is 8.09. The average molecular weight is 293 g/mol. The number of hydrogen-bond donors (Lipinski definition) is 1. The molecule has 4 heteroatoms. The molecular weight excluding hydrogens is 262 g/mol. The third-order valence-electron chi connectivity index (χ3n) is 4.06. The van der Waals surface area contributed by atoms with Crippen molar-refractivity contribution in [2.75, 3.05) is 33.2 Å². The van der Waals surface area contributed by atoms with Gasteiger partial charge in [0.25, 0.3) is 0 Å². The van der Waals surface area contributed by atoms with E-state index in [-0.39, 0.29) is 11.8 Å². The second kappa shape index (κ2) is 9.07. The summed E-state index contributed by atoms with van der Waals surface area (Å²) >= 11 is 0. The third kappa shape index (κ3) is 6.50. The van der Waals surface area contributed by atoms with Gasteiger partial charge in [-0.3, -0.25) is 9.69 Å². The first-order valence-electron chi connectivity index (χ1n) is 8.09. The first-order chi connectivity index (χ1) is 9.91. The zero-order valence-electron chi connectivity index (χ0n) is 14.3. The van der Waals surface area contributed by atoms with Crippen LogP contribution in [0.2, 0.25) is 0 Å². The summed E-state index contributed by atoms with van der Waals surface area (Å²) in [6, 6.07) is 0.985. The van der Waals surface area contributed by atoms with Crippen molar-refractivity contribution in [2.45, 2.75) is 52.6 Å². The summed E-state index contributed by atoms with van der Waals surface area (Å²) in [5.41, 5.74) is 0. The van der Waals surface area contributed by atoms with E-state index in [1.54, 1.807) is 0 Å². The van der Waals surface area contributed by atoms with Crippen LogP contribution in [0.15, 0.2) is 0 Å². The monoisotopic (exact) mass is 293 g/mol. The smallest absolute Gasteiger partial charge is 0.225 e. The molecule has 0 spiro atoms. The Kier molecular flexibility index (Phi) is 7.77. The molecule has 1 fully saturated rings. The highest BCUT2D eigenvalue weighted by atomic mass is 16.1. The third-order valence-corrected chi connectivity index (χ3v) is 4.06. The summed E-state index contributed by atoms with van der Waals surface area (Å²) in [5.74, 6) is 6.52. The van der Waals surface area contributed by atoms with Crippen molar-refractivity contribution in [1.82, 2.24) is 15.1 Å². The lowest BCUT2D eigenvalue weighted by Gasteiger charge is -2.28. The molecule has 0 bridgehead atoms. The summed E-state index contributed by atoms with van der Waals surface area (Å²) in [5, 5.41) is 2.95. The lowest BCUT2D eigenvalue weighted by Crippen LogP contribution is -2.41. The standard InChI is InChI=1S/C17H31N3O/c1-14(2)20(15(3)4)12-7-6-10-18-17(21)16-9-8-11-19(5)13-16/h14-16H,8-13H2,1-5H3,(H,18,21)/t16-/m0/s1. The molecule has 1 aliphatic heterocycles. The quantitative estimate of drug-likeness (QED) is 0.782. The Balaban J connectivity index is 2.30. The molecule has 1 atom stereocenters. The Morgan fingerprint density at radius 2 is 1.95 bits per heavy atom. The van der Waals surface area contributed by atoms with E-state index >= 15 is 0 Å². The average Bonchev–Trinajstić information content (AvgIpc) is 2.41. The van der Waals surface area contributed by atoms with Gasteiger partial charge in [0.2, 0.25) is 5.91 Å². The molecule has 0 aromatic carbocycles. The number of piperidine rings is 1. The Labute approximate surface area is 130 Å². The number of nitrogens with one attached hydrogen (secondary N) is 1. The van der Waals surface area contributed by atoms with E-state index in [2.05, 4.69) is 61.7 Å². The van der Waals surface area contributed by atoms with Crippen LogP contribution >= 0.6 is 0 Å². The van der Waals surface area contributed by atoms with Crippen LogP contribution in [0, 0.1) is 17.8 Å². The van der Waals surface area contributed by atoms with Crippen LogP contribution < -0.4 is 5.32 Å². The Hall–Kier alpha value is -1.05. The predicted molar refractivity (Wildman–Crippen MR) is 88.0 cm³/mol. The second-order valence-electron chi connectivity index (χ2n) is 6.53. The topological polar surface area (TPSA) is 35.6 Å². The SMILES string of the molecule is CC(C)N(CC#CCNC(=O)[C@H]1CCCN(C)C1)C(C)C. The molecule has 0 aromatic heterocycles. The maximum atomic E-state index is 12.0. The Morgan fingerprint density at radius 1 is 1.29 bits per heavy atom. The van der Waals surface area contributed by atoms with Crippen molar-refractivity contribution >= 4 is 5.91 Å². The second-order valence-corrected chi connectivity index (χ2v) is 6.53. The molecular formula is C17H31N3O. The molecule has 0 radical (unpaired) electrons. The number of carbonyl (C=O) groups excluding carboxylic acids is 1. The molecule has 21 heavy (non-hydrogen) atoms. The number of carbonyl (C=O) groups is 1. The highest BCUT2D eigenvalue weighted by molar-refractivity contribution is 5.79. The van der Waals surface area contributed by atoms with Crippen LogP contribution in [-0.2, 0) is 4.79 Å². The van der Waals surface area contributed by atoms with Crippen LogP contribution in [-0.4, -0.2) is 61.0 Å². The van der Waals surface area contributed by atoms with Crippen LogP contribution in [0.1, 0.15) is 40.5 Å². The number of rotatable bonds is 5.